The van der Waals surface area contributed by atoms with Crippen molar-refractivity contribution in [1.29, 1.82) is 0 Å². The van der Waals surface area contributed by atoms with E-state index < -0.39 is 0 Å². The van der Waals surface area contributed by atoms with E-state index in [0.717, 1.165) is 24.8 Å². The van der Waals surface area contributed by atoms with Crippen LogP contribution in [0.5, 0.6) is 0 Å². The molecule has 3 atom stereocenters. The van der Waals surface area contributed by atoms with Crippen LogP contribution in [0, 0.1) is 25.7 Å². The van der Waals surface area contributed by atoms with Gasteiger partial charge in [0.2, 0.25) is 0 Å². The molecule has 3 heteroatoms. The largest absolute Gasteiger partial charge is 0.314 e. The predicted octanol–water partition coefficient (Wildman–Crippen LogP) is 3.77. The van der Waals surface area contributed by atoms with E-state index in [1.54, 1.807) is 0 Å². The first-order chi connectivity index (χ1) is 10.1. The molecule has 3 unspecified atom stereocenters. The van der Waals surface area contributed by atoms with Crippen LogP contribution in [0.1, 0.15) is 62.9 Å². The van der Waals surface area contributed by atoms with Crippen molar-refractivity contribution in [3.05, 3.63) is 17.0 Å². The van der Waals surface area contributed by atoms with Crippen molar-refractivity contribution in [1.82, 2.24) is 15.1 Å². The van der Waals surface area contributed by atoms with Gasteiger partial charge >= 0.3 is 0 Å². The third-order valence-electron chi connectivity index (χ3n) is 5.56. The second kappa shape index (κ2) is 7.44. The molecule has 2 rings (SSSR count). The number of aromatic nitrogens is 2. The molecule has 1 aliphatic rings. The average molecular weight is 291 g/mol. The third-order valence-corrected chi connectivity index (χ3v) is 5.56. The summed E-state index contributed by atoms with van der Waals surface area (Å²) >= 11 is 0. The number of aryl methyl sites for hydroxylation is 2. The number of hydrogen-bond donors (Lipinski definition) is 1. The van der Waals surface area contributed by atoms with Gasteiger partial charge in [-0.2, -0.15) is 5.10 Å². The fourth-order valence-electron chi connectivity index (χ4n) is 4.24. The summed E-state index contributed by atoms with van der Waals surface area (Å²) in [5.41, 5.74) is 4.00. The second-order valence-corrected chi connectivity index (χ2v) is 6.76. The lowest BCUT2D eigenvalue weighted by atomic mass is 9.72. The topological polar surface area (TPSA) is 29.9 Å². The standard InChI is InChI=1S/C18H33N3/c1-6-15-10-8-9-11-16(15)18(19-7-2)12-17-13(3)20-21(5)14(17)4/h15-16,18-19H,6-12H2,1-5H3. The molecule has 0 spiro atoms. The van der Waals surface area contributed by atoms with Crippen molar-refractivity contribution >= 4 is 0 Å². The smallest absolute Gasteiger partial charge is 0.0628 e. The second-order valence-electron chi connectivity index (χ2n) is 6.76. The van der Waals surface area contributed by atoms with Crippen LogP contribution in [-0.2, 0) is 13.5 Å². The first-order valence-electron chi connectivity index (χ1n) is 8.80. The molecule has 1 aliphatic carbocycles. The van der Waals surface area contributed by atoms with Gasteiger partial charge in [-0.25, -0.2) is 0 Å². The number of nitrogens with zero attached hydrogens (tertiary/aromatic N) is 2. The zero-order valence-electron chi connectivity index (χ0n) is 14.6. The highest BCUT2D eigenvalue weighted by atomic mass is 15.3. The van der Waals surface area contributed by atoms with Crippen molar-refractivity contribution in [2.24, 2.45) is 18.9 Å². The van der Waals surface area contributed by atoms with E-state index >= 15 is 0 Å². The van der Waals surface area contributed by atoms with Crippen LogP contribution >= 0.6 is 0 Å². The van der Waals surface area contributed by atoms with Gasteiger partial charge in [0.15, 0.2) is 0 Å². The highest BCUT2D eigenvalue weighted by Gasteiger charge is 2.31. The minimum Gasteiger partial charge on any atom is -0.314 e. The third kappa shape index (κ3) is 3.68. The van der Waals surface area contributed by atoms with Gasteiger partial charge in [0.05, 0.1) is 5.69 Å². The Labute approximate surface area is 130 Å². The van der Waals surface area contributed by atoms with E-state index in [1.807, 2.05) is 4.68 Å². The normalized spacial score (nSPS) is 24.2. The van der Waals surface area contributed by atoms with Crippen LogP contribution in [0.25, 0.3) is 0 Å². The van der Waals surface area contributed by atoms with Gasteiger partial charge in [-0.05, 0) is 50.6 Å². The van der Waals surface area contributed by atoms with Gasteiger partial charge < -0.3 is 5.32 Å². The van der Waals surface area contributed by atoms with Crippen LogP contribution in [0.15, 0.2) is 0 Å². The Morgan fingerprint density at radius 1 is 1.24 bits per heavy atom. The minimum atomic E-state index is 0.613. The molecule has 120 valence electrons. The monoisotopic (exact) mass is 291 g/mol. The van der Waals surface area contributed by atoms with Gasteiger partial charge in [0.25, 0.3) is 0 Å². The molecule has 0 saturated heterocycles. The van der Waals surface area contributed by atoms with Crippen molar-refractivity contribution in [2.75, 3.05) is 6.54 Å². The van der Waals surface area contributed by atoms with Gasteiger partial charge in [0.1, 0.15) is 0 Å². The Balaban J connectivity index is 2.18. The van der Waals surface area contributed by atoms with Crippen LogP contribution < -0.4 is 5.32 Å². The zero-order valence-corrected chi connectivity index (χ0v) is 14.6. The predicted molar refractivity (Wildman–Crippen MR) is 89.6 cm³/mol. The Bertz CT molecular complexity index is 450. The van der Waals surface area contributed by atoms with E-state index in [0.29, 0.717) is 6.04 Å². The van der Waals surface area contributed by atoms with E-state index in [9.17, 15) is 0 Å². The molecule has 1 fully saturated rings. The van der Waals surface area contributed by atoms with Crippen LogP contribution in [0.3, 0.4) is 0 Å². The first-order valence-corrected chi connectivity index (χ1v) is 8.80. The molecule has 1 heterocycles. The maximum absolute atomic E-state index is 4.60. The van der Waals surface area contributed by atoms with Crippen molar-refractivity contribution < 1.29 is 0 Å². The Hall–Kier alpha value is -0.830. The molecule has 21 heavy (non-hydrogen) atoms. The van der Waals surface area contributed by atoms with Crippen LogP contribution in [0.4, 0.5) is 0 Å². The van der Waals surface area contributed by atoms with Gasteiger partial charge in [-0.3, -0.25) is 4.68 Å². The van der Waals surface area contributed by atoms with E-state index in [4.69, 9.17) is 0 Å². The number of hydrogen-bond acceptors (Lipinski definition) is 2. The maximum atomic E-state index is 4.60. The molecule has 1 aromatic heterocycles. The van der Waals surface area contributed by atoms with Crippen molar-refractivity contribution in [3.63, 3.8) is 0 Å². The first kappa shape index (κ1) is 16.5. The lowest BCUT2D eigenvalue weighted by molar-refractivity contribution is 0.175. The molecule has 0 aromatic carbocycles. The number of rotatable bonds is 6. The Morgan fingerprint density at radius 2 is 1.95 bits per heavy atom. The number of nitrogens with one attached hydrogen (secondary N) is 1. The molecule has 1 saturated carbocycles. The minimum absolute atomic E-state index is 0.613. The summed E-state index contributed by atoms with van der Waals surface area (Å²) in [6.45, 7) is 10.0. The van der Waals surface area contributed by atoms with E-state index in [2.05, 4.69) is 45.2 Å². The average Bonchev–Trinajstić information content (AvgIpc) is 2.73. The summed E-state index contributed by atoms with van der Waals surface area (Å²) in [6.07, 6.45) is 8.13. The SMILES string of the molecule is CCNC(Cc1c(C)nn(C)c1C)C1CCCCC1CC. The summed E-state index contributed by atoms with van der Waals surface area (Å²) < 4.78 is 2.03. The lowest BCUT2D eigenvalue weighted by Crippen LogP contribution is -2.42. The Kier molecular flexibility index (Phi) is 5.86. The molecule has 0 amide bonds. The van der Waals surface area contributed by atoms with Crippen LogP contribution in [-0.4, -0.2) is 22.4 Å². The lowest BCUT2D eigenvalue weighted by Gasteiger charge is -2.37. The fourth-order valence-corrected chi connectivity index (χ4v) is 4.24. The van der Waals surface area contributed by atoms with Crippen molar-refractivity contribution in [3.8, 4) is 0 Å². The van der Waals surface area contributed by atoms with E-state index in [1.165, 1.54) is 49.1 Å². The summed E-state index contributed by atoms with van der Waals surface area (Å²) in [6, 6.07) is 0.613. The molecule has 1 N–H and O–H groups in total. The molecule has 0 radical (unpaired) electrons. The summed E-state index contributed by atoms with van der Waals surface area (Å²) in [5.74, 6) is 1.74. The van der Waals surface area contributed by atoms with Crippen LogP contribution in [0.2, 0.25) is 0 Å². The van der Waals surface area contributed by atoms with Gasteiger partial charge in [0, 0.05) is 18.8 Å². The number of likely N-dealkylation sites (N-methyl/N-ethyl adjacent to an activating group) is 1. The summed E-state index contributed by atoms with van der Waals surface area (Å²) in [4.78, 5) is 0. The van der Waals surface area contributed by atoms with Gasteiger partial charge in [-0.15, -0.1) is 0 Å². The molecule has 0 bridgehead atoms. The quantitative estimate of drug-likeness (QED) is 0.864. The zero-order chi connectivity index (χ0) is 15.4. The molecule has 1 aromatic rings. The van der Waals surface area contributed by atoms with Gasteiger partial charge in [-0.1, -0.05) is 39.5 Å². The fraction of sp³-hybridized carbons (Fsp3) is 0.833. The molecule has 3 nitrogen and oxygen atoms in total. The Morgan fingerprint density at radius 3 is 2.52 bits per heavy atom. The molecule has 0 aliphatic heterocycles. The van der Waals surface area contributed by atoms with Crippen molar-refractivity contribution in [2.45, 2.75) is 72.3 Å². The van der Waals surface area contributed by atoms with E-state index in [-0.39, 0.29) is 0 Å². The summed E-state index contributed by atoms with van der Waals surface area (Å²) in [5, 5.41) is 8.39. The molecular formula is C18H33N3. The maximum Gasteiger partial charge on any atom is 0.0628 e. The highest BCUT2D eigenvalue weighted by molar-refractivity contribution is 5.25. The highest BCUT2D eigenvalue weighted by Crippen LogP contribution is 2.35. The summed E-state index contributed by atoms with van der Waals surface area (Å²) in [7, 11) is 2.06. The molecular weight excluding hydrogens is 258 g/mol.